The molecule has 102 valence electrons. The lowest BCUT2D eigenvalue weighted by Gasteiger charge is -2.24. The molecule has 1 aromatic rings. The molecule has 0 radical (unpaired) electrons. The molecule has 0 saturated heterocycles. The quantitative estimate of drug-likeness (QED) is 0.805. The Kier molecular flexibility index (Phi) is 5.76. The minimum atomic E-state index is -0.170. The minimum Gasteiger partial charge on any atom is -0.385 e. The maximum atomic E-state index is 13.0. The van der Waals surface area contributed by atoms with Crippen molar-refractivity contribution < 1.29 is 9.13 Å². The molecule has 1 N–H and O–H groups in total. The minimum absolute atomic E-state index is 0.170. The van der Waals surface area contributed by atoms with Crippen LogP contribution in [0.15, 0.2) is 18.2 Å². The summed E-state index contributed by atoms with van der Waals surface area (Å²) in [5, 5.41) is 3.43. The van der Waals surface area contributed by atoms with Crippen LogP contribution in [-0.4, -0.2) is 20.3 Å². The fourth-order valence-electron chi connectivity index (χ4n) is 1.86. The molecular formula is C15H24FNO. The second-order valence-electron chi connectivity index (χ2n) is 5.58. The van der Waals surface area contributed by atoms with E-state index in [0.29, 0.717) is 0 Å². The molecule has 0 aliphatic heterocycles. The molecule has 0 saturated carbocycles. The van der Waals surface area contributed by atoms with E-state index in [4.69, 9.17) is 4.74 Å². The summed E-state index contributed by atoms with van der Waals surface area (Å²) in [7, 11) is 1.73. The van der Waals surface area contributed by atoms with E-state index in [-0.39, 0.29) is 11.2 Å². The molecule has 3 heteroatoms. The van der Waals surface area contributed by atoms with Gasteiger partial charge in [-0.25, -0.2) is 4.39 Å². The van der Waals surface area contributed by atoms with Gasteiger partial charge in [0.15, 0.2) is 0 Å². The van der Waals surface area contributed by atoms with Gasteiger partial charge in [0.2, 0.25) is 0 Å². The van der Waals surface area contributed by atoms with Crippen molar-refractivity contribution in [3.8, 4) is 0 Å². The van der Waals surface area contributed by atoms with E-state index in [1.165, 1.54) is 6.07 Å². The Morgan fingerprint density at radius 3 is 2.67 bits per heavy atom. The summed E-state index contributed by atoms with van der Waals surface area (Å²) in [5.74, 6) is -0.170. The summed E-state index contributed by atoms with van der Waals surface area (Å²) in [6.07, 6.45) is 1.03. The molecule has 18 heavy (non-hydrogen) atoms. The highest BCUT2D eigenvalue weighted by atomic mass is 19.1. The molecule has 0 bridgehead atoms. The zero-order valence-corrected chi connectivity index (χ0v) is 11.8. The van der Waals surface area contributed by atoms with Crippen molar-refractivity contribution in [1.82, 2.24) is 5.32 Å². The smallest absolute Gasteiger partial charge is 0.123 e. The number of halogens is 1. The molecule has 0 aromatic heterocycles. The second-order valence-corrected chi connectivity index (χ2v) is 5.58. The molecule has 0 unspecified atom stereocenters. The largest absolute Gasteiger partial charge is 0.385 e. The zero-order chi connectivity index (χ0) is 13.6. The van der Waals surface area contributed by atoms with Crippen LogP contribution in [0.2, 0.25) is 0 Å². The third-order valence-electron chi connectivity index (χ3n) is 3.21. The highest BCUT2D eigenvalue weighted by Gasteiger charge is 2.16. The fourth-order valence-corrected chi connectivity index (χ4v) is 1.86. The Hall–Kier alpha value is -0.930. The van der Waals surface area contributed by atoms with Crippen LogP contribution in [0.5, 0.6) is 0 Å². The molecule has 0 fully saturated rings. The van der Waals surface area contributed by atoms with Crippen molar-refractivity contribution in [3.05, 3.63) is 35.1 Å². The first-order chi connectivity index (χ1) is 8.44. The normalized spacial score (nSPS) is 11.8. The molecule has 0 heterocycles. The molecule has 1 aromatic carbocycles. The number of ether oxygens (including phenoxy) is 1. The summed E-state index contributed by atoms with van der Waals surface area (Å²) in [6.45, 7) is 8.86. The third kappa shape index (κ3) is 5.15. The van der Waals surface area contributed by atoms with Gasteiger partial charge < -0.3 is 10.1 Å². The molecule has 0 aliphatic carbocycles. The highest BCUT2D eigenvalue weighted by Crippen LogP contribution is 2.19. The van der Waals surface area contributed by atoms with Gasteiger partial charge in [-0.2, -0.15) is 0 Å². The van der Waals surface area contributed by atoms with Crippen LogP contribution < -0.4 is 5.32 Å². The first kappa shape index (κ1) is 15.1. The van der Waals surface area contributed by atoms with Crippen molar-refractivity contribution in [2.24, 2.45) is 5.41 Å². The lowest BCUT2D eigenvalue weighted by Crippen LogP contribution is -2.30. The van der Waals surface area contributed by atoms with Crippen molar-refractivity contribution >= 4 is 0 Å². The summed E-state index contributed by atoms with van der Waals surface area (Å²) in [5.41, 5.74) is 2.36. The van der Waals surface area contributed by atoms with Gasteiger partial charge in [-0.1, -0.05) is 19.9 Å². The number of hydrogen-bond donors (Lipinski definition) is 1. The Morgan fingerprint density at radius 2 is 2.06 bits per heavy atom. The van der Waals surface area contributed by atoms with Crippen LogP contribution in [-0.2, 0) is 11.3 Å². The first-order valence-electron chi connectivity index (χ1n) is 6.39. The topological polar surface area (TPSA) is 21.3 Å². The van der Waals surface area contributed by atoms with Crippen LogP contribution in [0.4, 0.5) is 4.39 Å². The van der Waals surface area contributed by atoms with Gasteiger partial charge in [-0.3, -0.25) is 0 Å². The average molecular weight is 253 g/mol. The molecule has 0 spiro atoms. The summed E-state index contributed by atoms with van der Waals surface area (Å²) >= 11 is 0. The highest BCUT2D eigenvalue weighted by molar-refractivity contribution is 5.26. The van der Waals surface area contributed by atoms with Crippen molar-refractivity contribution in [2.45, 2.75) is 33.7 Å². The first-order valence-corrected chi connectivity index (χ1v) is 6.39. The Morgan fingerprint density at radius 1 is 1.33 bits per heavy atom. The van der Waals surface area contributed by atoms with Crippen LogP contribution in [0.3, 0.4) is 0 Å². The maximum Gasteiger partial charge on any atom is 0.123 e. The van der Waals surface area contributed by atoms with Gasteiger partial charge in [0, 0.05) is 26.8 Å². The van der Waals surface area contributed by atoms with Crippen LogP contribution in [0.1, 0.15) is 31.4 Å². The van der Waals surface area contributed by atoms with Crippen LogP contribution in [0.25, 0.3) is 0 Å². The predicted octanol–water partition coefficient (Wildman–Crippen LogP) is 3.29. The number of nitrogens with one attached hydrogen (secondary N) is 1. The number of hydrogen-bond acceptors (Lipinski definition) is 2. The SMILES string of the molecule is COCCC(C)(C)CNCc1ccc(F)cc1C. The van der Waals surface area contributed by atoms with E-state index < -0.39 is 0 Å². The summed E-state index contributed by atoms with van der Waals surface area (Å²) in [4.78, 5) is 0. The Bertz CT molecular complexity index is 377. The number of rotatable bonds is 7. The van der Waals surface area contributed by atoms with Gasteiger partial charge in [0.25, 0.3) is 0 Å². The monoisotopic (exact) mass is 253 g/mol. The standard InChI is InChI=1S/C15H24FNO/c1-12-9-14(16)6-5-13(12)10-17-11-15(2,3)7-8-18-4/h5-6,9,17H,7-8,10-11H2,1-4H3. The van der Waals surface area contributed by atoms with Gasteiger partial charge in [-0.05, 0) is 42.0 Å². The van der Waals surface area contributed by atoms with E-state index in [2.05, 4.69) is 19.2 Å². The van der Waals surface area contributed by atoms with Crippen molar-refractivity contribution in [1.29, 1.82) is 0 Å². The summed E-state index contributed by atoms with van der Waals surface area (Å²) in [6, 6.07) is 4.94. The fraction of sp³-hybridized carbons (Fsp3) is 0.600. The lowest BCUT2D eigenvalue weighted by atomic mass is 9.89. The van der Waals surface area contributed by atoms with Crippen molar-refractivity contribution in [2.75, 3.05) is 20.3 Å². The molecule has 1 rings (SSSR count). The molecule has 0 aliphatic rings. The Balaban J connectivity index is 2.41. The average Bonchev–Trinajstić information content (AvgIpc) is 2.29. The van der Waals surface area contributed by atoms with Gasteiger partial charge in [0.05, 0.1) is 0 Å². The van der Waals surface area contributed by atoms with Crippen LogP contribution in [0, 0.1) is 18.2 Å². The van der Waals surface area contributed by atoms with Gasteiger partial charge in [-0.15, -0.1) is 0 Å². The molecular weight excluding hydrogens is 229 g/mol. The van der Waals surface area contributed by atoms with Gasteiger partial charge in [0.1, 0.15) is 5.82 Å². The third-order valence-corrected chi connectivity index (χ3v) is 3.21. The van der Waals surface area contributed by atoms with Crippen molar-refractivity contribution in [3.63, 3.8) is 0 Å². The van der Waals surface area contributed by atoms with E-state index in [9.17, 15) is 4.39 Å². The lowest BCUT2D eigenvalue weighted by molar-refractivity contribution is 0.150. The molecule has 0 amide bonds. The van der Waals surface area contributed by atoms with E-state index in [1.807, 2.05) is 13.0 Å². The molecule has 2 nitrogen and oxygen atoms in total. The van der Waals surface area contributed by atoms with E-state index in [1.54, 1.807) is 13.2 Å². The summed E-state index contributed by atoms with van der Waals surface area (Å²) < 4.78 is 18.1. The molecule has 0 atom stereocenters. The number of benzene rings is 1. The van der Waals surface area contributed by atoms with E-state index >= 15 is 0 Å². The maximum absolute atomic E-state index is 13.0. The second kappa shape index (κ2) is 6.86. The van der Waals surface area contributed by atoms with Crippen LogP contribution >= 0.6 is 0 Å². The number of aryl methyl sites for hydroxylation is 1. The predicted molar refractivity (Wildman–Crippen MR) is 73.1 cm³/mol. The Labute approximate surface area is 110 Å². The van der Waals surface area contributed by atoms with Gasteiger partial charge >= 0.3 is 0 Å². The number of methoxy groups -OCH3 is 1. The van der Waals surface area contributed by atoms with E-state index in [0.717, 1.165) is 37.2 Å². The zero-order valence-electron chi connectivity index (χ0n) is 11.8.